The van der Waals surface area contributed by atoms with Gasteiger partial charge in [0, 0.05) is 20.1 Å². The molecular weight excluding hydrogens is 318 g/mol. The van der Waals surface area contributed by atoms with E-state index in [1.165, 1.54) is 12.6 Å². The zero-order valence-electron chi connectivity index (χ0n) is 13.7. The molecule has 23 heavy (non-hydrogen) atoms. The van der Waals surface area contributed by atoms with Crippen LogP contribution in [0.1, 0.15) is 12.0 Å². The minimum Gasteiger partial charge on any atom is -0.494 e. The van der Waals surface area contributed by atoms with Gasteiger partial charge in [-0.2, -0.15) is 8.42 Å². The average Bonchev–Trinajstić information content (AvgIpc) is 2.44. The Labute approximate surface area is 137 Å². The Bertz CT molecular complexity index is 617. The predicted octanol–water partition coefficient (Wildman–Crippen LogP) is -0.114. The SMILES string of the molecule is CN=C(NCCCOc1cccc(CN(C)C)c1)NS(N)(=O)=O. The summed E-state index contributed by atoms with van der Waals surface area (Å²) >= 11 is 0. The number of nitrogens with zero attached hydrogens (tertiary/aromatic N) is 2. The molecular formula is C14H25N5O3S. The summed E-state index contributed by atoms with van der Waals surface area (Å²) < 4.78 is 29.6. The monoisotopic (exact) mass is 343 g/mol. The molecule has 0 aliphatic carbocycles. The van der Waals surface area contributed by atoms with E-state index in [1.807, 2.05) is 32.3 Å². The van der Waals surface area contributed by atoms with Crippen LogP contribution in [-0.2, 0) is 16.8 Å². The van der Waals surface area contributed by atoms with Crippen molar-refractivity contribution in [1.82, 2.24) is 14.9 Å². The topological polar surface area (TPSA) is 109 Å². The first-order chi connectivity index (χ1) is 10.8. The molecule has 0 fully saturated rings. The number of benzene rings is 1. The van der Waals surface area contributed by atoms with Crippen LogP contribution in [0.2, 0.25) is 0 Å². The van der Waals surface area contributed by atoms with E-state index in [0.717, 1.165) is 12.3 Å². The third-order valence-corrected chi connectivity index (χ3v) is 3.22. The molecule has 0 heterocycles. The summed E-state index contributed by atoms with van der Waals surface area (Å²) in [6.07, 6.45) is 0.684. The van der Waals surface area contributed by atoms with Gasteiger partial charge >= 0.3 is 0 Å². The van der Waals surface area contributed by atoms with Crippen LogP contribution >= 0.6 is 0 Å². The van der Waals surface area contributed by atoms with Gasteiger partial charge in [-0.3, -0.25) is 4.99 Å². The van der Waals surface area contributed by atoms with Crippen molar-refractivity contribution in [1.29, 1.82) is 0 Å². The van der Waals surface area contributed by atoms with E-state index in [4.69, 9.17) is 9.88 Å². The Hall–Kier alpha value is -1.84. The molecule has 0 atom stereocenters. The number of aliphatic imine (C=N–C) groups is 1. The molecule has 8 nitrogen and oxygen atoms in total. The first-order valence-corrected chi connectivity index (χ1v) is 8.72. The smallest absolute Gasteiger partial charge is 0.298 e. The standard InChI is InChI=1S/C14H25N5O3S/c1-16-14(18-23(15,20)21)17-8-5-9-22-13-7-4-6-12(10-13)11-19(2)3/h4,6-7,10H,5,8-9,11H2,1-3H3,(H2,15,20,21)(H2,16,17,18). The van der Waals surface area contributed by atoms with Crippen molar-refractivity contribution >= 4 is 16.2 Å². The van der Waals surface area contributed by atoms with Crippen LogP contribution in [0.3, 0.4) is 0 Å². The van der Waals surface area contributed by atoms with E-state index < -0.39 is 10.2 Å². The lowest BCUT2D eigenvalue weighted by Crippen LogP contribution is -2.44. The highest BCUT2D eigenvalue weighted by molar-refractivity contribution is 7.87. The Morgan fingerprint density at radius 2 is 2.13 bits per heavy atom. The molecule has 9 heteroatoms. The van der Waals surface area contributed by atoms with E-state index in [9.17, 15) is 8.42 Å². The molecule has 0 saturated carbocycles. The Balaban J connectivity index is 2.32. The lowest BCUT2D eigenvalue weighted by molar-refractivity contribution is 0.310. The highest BCUT2D eigenvalue weighted by Crippen LogP contribution is 2.14. The molecule has 130 valence electrons. The number of rotatable bonds is 8. The molecule has 1 rings (SSSR count). The van der Waals surface area contributed by atoms with Crippen LogP contribution < -0.4 is 19.9 Å². The van der Waals surface area contributed by atoms with Gasteiger partial charge in [-0.25, -0.2) is 9.86 Å². The van der Waals surface area contributed by atoms with E-state index in [-0.39, 0.29) is 5.96 Å². The second kappa shape index (κ2) is 9.33. The molecule has 1 aromatic rings. The molecule has 0 unspecified atom stereocenters. The normalized spacial score (nSPS) is 12.3. The van der Waals surface area contributed by atoms with Gasteiger partial charge in [0.05, 0.1) is 6.61 Å². The quantitative estimate of drug-likeness (QED) is 0.346. The fraction of sp³-hybridized carbons (Fsp3) is 0.500. The molecule has 0 spiro atoms. The molecule has 0 aromatic heterocycles. The van der Waals surface area contributed by atoms with Crippen LogP contribution in [-0.4, -0.2) is 53.6 Å². The Kier molecular flexibility index (Phi) is 7.79. The number of hydrogen-bond acceptors (Lipinski definition) is 5. The minimum absolute atomic E-state index is 0.112. The van der Waals surface area contributed by atoms with Crippen LogP contribution in [0, 0.1) is 0 Å². The van der Waals surface area contributed by atoms with E-state index in [0.29, 0.717) is 19.6 Å². The van der Waals surface area contributed by atoms with Crippen LogP contribution in [0.15, 0.2) is 29.3 Å². The Morgan fingerprint density at radius 3 is 2.74 bits per heavy atom. The summed E-state index contributed by atoms with van der Waals surface area (Å²) in [6, 6.07) is 7.94. The summed E-state index contributed by atoms with van der Waals surface area (Å²) in [7, 11) is 1.68. The van der Waals surface area contributed by atoms with Crippen LogP contribution in [0.4, 0.5) is 0 Å². The van der Waals surface area contributed by atoms with Crippen molar-refractivity contribution in [3.05, 3.63) is 29.8 Å². The second-order valence-corrected chi connectivity index (χ2v) is 6.53. The minimum atomic E-state index is -3.81. The largest absolute Gasteiger partial charge is 0.494 e. The summed E-state index contributed by atoms with van der Waals surface area (Å²) in [5.41, 5.74) is 1.18. The van der Waals surface area contributed by atoms with Crippen molar-refractivity contribution in [3.8, 4) is 5.75 Å². The van der Waals surface area contributed by atoms with Crippen LogP contribution in [0.5, 0.6) is 5.75 Å². The van der Waals surface area contributed by atoms with Crippen molar-refractivity contribution in [3.63, 3.8) is 0 Å². The molecule has 0 saturated heterocycles. The number of hydrogen-bond donors (Lipinski definition) is 3. The van der Waals surface area contributed by atoms with Crippen molar-refractivity contribution < 1.29 is 13.2 Å². The third kappa shape index (κ3) is 9.01. The van der Waals surface area contributed by atoms with E-state index >= 15 is 0 Å². The molecule has 0 radical (unpaired) electrons. The maximum absolute atomic E-state index is 10.9. The maximum Gasteiger partial charge on any atom is 0.298 e. The second-order valence-electron chi connectivity index (χ2n) is 5.23. The average molecular weight is 343 g/mol. The van der Waals surface area contributed by atoms with E-state index in [1.54, 1.807) is 0 Å². The maximum atomic E-state index is 10.9. The van der Waals surface area contributed by atoms with Crippen molar-refractivity contribution in [2.24, 2.45) is 10.1 Å². The Morgan fingerprint density at radius 1 is 1.39 bits per heavy atom. The molecule has 0 aliphatic rings. The van der Waals surface area contributed by atoms with Gasteiger partial charge in [0.15, 0.2) is 0 Å². The number of guanidine groups is 1. The molecule has 0 amide bonds. The van der Waals surface area contributed by atoms with Crippen molar-refractivity contribution in [2.45, 2.75) is 13.0 Å². The van der Waals surface area contributed by atoms with Gasteiger partial charge in [-0.05, 0) is 38.2 Å². The number of ether oxygens (including phenoxy) is 1. The first kappa shape index (κ1) is 19.2. The fourth-order valence-electron chi connectivity index (χ4n) is 1.86. The van der Waals surface area contributed by atoms with E-state index in [2.05, 4.69) is 26.0 Å². The van der Waals surface area contributed by atoms with Gasteiger partial charge in [0.2, 0.25) is 5.96 Å². The molecule has 1 aromatic carbocycles. The summed E-state index contributed by atoms with van der Waals surface area (Å²) in [5.74, 6) is 0.928. The lowest BCUT2D eigenvalue weighted by atomic mass is 10.2. The highest BCUT2D eigenvalue weighted by Gasteiger charge is 2.05. The predicted molar refractivity (Wildman–Crippen MR) is 91.5 cm³/mol. The zero-order chi connectivity index (χ0) is 17.3. The number of nitrogens with one attached hydrogen (secondary N) is 2. The summed E-state index contributed by atoms with van der Waals surface area (Å²) in [4.78, 5) is 5.85. The summed E-state index contributed by atoms with van der Waals surface area (Å²) in [6.45, 7) is 1.87. The molecule has 0 bridgehead atoms. The van der Waals surface area contributed by atoms with Gasteiger partial charge < -0.3 is 15.0 Å². The lowest BCUT2D eigenvalue weighted by Gasteiger charge is -2.12. The molecule has 0 aliphatic heterocycles. The van der Waals surface area contributed by atoms with Gasteiger partial charge in [-0.15, -0.1) is 0 Å². The summed E-state index contributed by atoms with van der Waals surface area (Å²) in [5, 5.41) is 7.72. The van der Waals surface area contributed by atoms with Crippen LogP contribution in [0.25, 0.3) is 0 Å². The van der Waals surface area contributed by atoms with Gasteiger partial charge in [-0.1, -0.05) is 12.1 Å². The van der Waals surface area contributed by atoms with Crippen molar-refractivity contribution in [2.75, 3.05) is 34.3 Å². The fourth-order valence-corrected chi connectivity index (χ4v) is 2.30. The van der Waals surface area contributed by atoms with Gasteiger partial charge in [0.1, 0.15) is 5.75 Å². The molecule has 4 N–H and O–H groups in total. The number of nitrogens with two attached hydrogens (primary N) is 1. The highest BCUT2D eigenvalue weighted by atomic mass is 32.2. The first-order valence-electron chi connectivity index (χ1n) is 7.18. The van der Waals surface area contributed by atoms with Gasteiger partial charge in [0.25, 0.3) is 10.2 Å². The zero-order valence-corrected chi connectivity index (χ0v) is 14.6. The third-order valence-electron chi connectivity index (χ3n) is 2.74.